The van der Waals surface area contributed by atoms with Crippen molar-refractivity contribution in [3.8, 4) is 0 Å². The molecule has 3 amide bonds. The molecule has 1 aromatic heterocycles. The maximum Gasteiger partial charge on any atom is 0.319 e. The number of morpholine rings is 1. The summed E-state index contributed by atoms with van der Waals surface area (Å²) in [6.45, 7) is 3.36. The molecule has 29 heavy (non-hydrogen) atoms. The van der Waals surface area contributed by atoms with Gasteiger partial charge in [0.15, 0.2) is 0 Å². The van der Waals surface area contributed by atoms with E-state index in [0.29, 0.717) is 37.4 Å². The van der Waals surface area contributed by atoms with Gasteiger partial charge in [-0.2, -0.15) is 5.10 Å². The number of nitrogens with zero attached hydrogens (tertiary/aromatic N) is 3. The van der Waals surface area contributed by atoms with E-state index in [-0.39, 0.29) is 18.5 Å². The van der Waals surface area contributed by atoms with Crippen LogP contribution in [-0.4, -0.2) is 59.5 Å². The van der Waals surface area contributed by atoms with E-state index in [1.807, 2.05) is 0 Å². The van der Waals surface area contributed by atoms with Gasteiger partial charge in [-0.1, -0.05) is 0 Å². The number of carbonyl (C=O) groups is 2. The van der Waals surface area contributed by atoms with E-state index in [2.05, 4.69) is 15.7 Å². The average molecular weight is 402 g/mol. The number of aromatic nitrogens is 2. The molecule has 2 N–H and O–H groups in total. The van der Waals surface area contributed by atoms with E-state index in [1.165, 1.54) is 38.5 Å². The predicted molar refractivity (Wildman–Crippen MR) is 107 cm³/mol. The molecular weight excluding hydrogens is 370 g/mol. The van der Waals surface area contributed by atoms with Crippen LogP contribution < -0.4 is 10.6 Å². The monoisotopic (exact) mass is 401 g/mol. The van der Waals surface area contributed by atoms with Crippen molar-refractivity contribution in [3.63, 3.8) is 0 Å². The molecule has 0 atom stereocenters. The molecule has 5 fully saturated rings. The van der Waals surface area contributed by atoms with Gasteiger partial charge in [0, 0.05) is 25.8 Å². The van der Waals surface area contributed by atoms with Gasteiger partial charge in [0.2, 0.25) is 5.91 Å². The van der Waals surface area contributed by atoms with E-state index in [9.17, 15) is 9.59 Å². The molecule has 1 saturated heterocycles. The highest BCUT2D eigenvalue weighted by Gasteiger charge is 2.50. The summed E-state index contributed by atoms with van der Waals surface area (Å²) in [6.07, 6.45) is 11.4. The molecule has 0 radical (unpaired) electrons. The Balaban J connectivity index is 1.11. The number of ether oxygens (including phenoxy) is 1. The van der Waals surface area contributed by atoms with Crippen LogP contribution in [0.5, 0.6) is 0 Å². The maximum absolute atomic E-state index is 12.4. The first-order valence-corrected chi connectivity index (χ1v) is 11.0. The second-order valence-electron chi connectivity index (χ2n) is 9.64. The highest BCUT2D eigenvalue weighted by atomic mass is 16.5. The number of rotatable bonds is 5. The average Bonchev–Trinajstić information content (AvgIpc) is 3.13. The van der Waals surface area contributed by atoms with E-state index in [0.717, 1.165) is 24.3 Å². The summed E-state index contributed by atoms with van der Waals surface area (Å²) in [6, 6.07) is -0.181. The van der Waals surface area contributed by atoms with Crippen LogP contribution in [0.25, 0.3) is 0 Å². The summed E-state index contributed by atoms with van der Waals surface area (Å²) in [7, 11) is 0. The third-order valence-corrected chi connectivity index (χ3v) is 7.34. The lowest BCUT2D eigenvalue weighted by Crippen LogP contribution is -2.51. The number of hydrogen-bond donors (Lipinski definition) is 2. The van der Waals surface area contributed by atoms with Gasteiger partial charge in [-0.15, -0.1) is 0 Å². The van der Waals surface area contributed by atoms with Crippen molar-refractivity contribution in [2.75, 3.05) is 38.2 Å². The van der Waals surface area contributed by atoms with E-state index in [1.54, 1.807) is 22.0 Å². The maximum atomic E-state index is 12.4. The summed E-state index contributed by atoms with van der Waals surface area (Å²) in [5, 5.41) is 10.2. The summed E-state index contributed by atoms with van der Waals surface area (Å²) in [4.78, 5) is 26.5. The molecular formula is C21H31N5O3. The number of carbonyl (C=O) groups excluding carboxylic acids is 2. The fourth-order valence-corrected chi connectivity index (χ4v) is 6.52. The SMILES string of the molecule is O=C(NCC12CC3CC(CC(C3)C1)C2)Nc1cnn(CC(=O)N2CCOCC2)c1. The Morgan fingerprint density at radius 3 is 2.41 bits per heavy atom. The molecule has 1 aromatic rings. The molecule has 0 spiro atoms. The summed E-state index contributed by atoms with van der Waals surface area (Å²) in [5.74, 6) is 2.67. The normalized spacial score (nSPS) is 33.0. The van der Waals surface area contributed by atoms with Gasteiger partial charge in [-0.25, -0.2) is 4.79 Å². The van der Waals surface area contributed by atoms with Gasteiger partial charge < -0.3 is 20.3 Å². The topological polar surface area (TPSA) is 88.5 Å². The summed E-state index contributed by atoms with van der Waals surface area (Å²) in [5.41, 5.74) is 0.934. The first-order valence-electron chi connectivity index (χ1n) is 11.0. The van der Waals surface area contributed by atoms with Crippen molar-refractivity contribution in [1.29, 1.82) is 0 Å². The third kappa shape index (κ3) is 4.13. The quantitative estimate of drug-likeness (QED) is 0.791. The number of urea groups is 1. The molecule has 4 aliphatic carbocycles. The fraction of sp³-hybridized carbons (Fsp3) is 0.762. The zero-order valence-corrected chi connectivity index (χ0v) is 16.9. The van der Waals surface area contributed by atoms with E-state index in [4.69, 9.17) is 4.74 Å². The molecule has 1 aliphatic heterocycles. The predicted octanol–water partition coefficient (Wildman–Crippen LogP) is 2.08. The third-order valence-electron chi connectivity index (χ3n) is 7.34. The lowest BCUT2D eigenvalue weighted by Gasteiger charge is -2.56. The van der Waals surface area contributed by atoms with Crippen LogP contribution in [0.2, 0.25) is 0 Å². The highest BCUT2D eigenvalue weighted by Crippen LogP contribution is 2.59. The minimum atomic E-state index is -0.181. The first kappa shape index (κ1) is 18.9. The van der Waals surface area contributed by atoms with Gasteiger partial charge >= 0.3 is 6.03 Å². The van der Waals surface area contributed by atoms with Gasteiger partial charge in [-0.05, 0) is 61.7 Å². The Morgan fingerprint density at radius 2 is 1.76 bits per heavy atom. The Bertz CT molecular complexity index is 735. The van der Waals surface area contributed by atoms with Crippen LogP contribution in [0.1, 0.15) is 38.5 Å². The van der Waals surface area contributed by atoms with Gasteiger partial charge in [0.1, 0.15) is 6.54 Å². The molecule has 4 bridgehead atoms. The zero-order valence-electron chi connectivity index (χ0n) is 16.9. The van der Waals surface area contributed by atoms with E-state index < -0.39 is 0 Å². The molecule has 0 unspecified atom stereocenters. The van der Waals surface area contributed by atoms with Gasteiger partial charge in [0.05, 0.1) is 25.1 Å². The minimum Gasteiger partial charge on any atom is -0.378 e. The van der Waals surface area contributed by atoms with Crippen molar-refractivity contribution in [1.82, 2.24) is 20.0 Å². The van der Waals surface area contributed by atoms with Crippen LogP contribution in [0.3, 0.4) is 0 Å². The van der Waals surface area contributed by atoms with Crippen molar-refractivity contribution in [2.45, 2.75) is 45.1 Å². The summed E-state index contributed by atoms with van der Waals surface area (Å²) < 4.78 is 6.85. The fourth-order valence-electron chi connectivity index (χ4n) is 6.52. The Hall–Kier alpha value is -2.09. The van der Waals surface area contributed by atoms with Crippen LogP contribution in [0.4, 0.5) is 10.5 Å². The van der Waals surface area contributed by atoms with Crippen molar-refractivity contribution >= 4 is 17.6 Å². The number of anilines is 1. The molecule has 0 aromatic carbocycles. The highest BCUT2D eigenvalue weighted by molar-refractivity contribution is 5.89. The second-order valence-corrected chi connectivity index (χ2v) is 9.64. The summed E-state index contributed by atoms with van der Waals surface area (Å²) >= 11 is 0. The largest absolute Gasteiger partial charge is 0.378 e. The van der Waals surface area contributed by atoms with Crippen LogP contribution >= 0.6 is 0 Å². The van der Waals surface area contributed by atoms with Crippen LogP contribution in [0.15, 0.2) is 12.4 Å². The lowest BCUT2D eigenvalue weighted by atomic mass is 9.49. The smallest absolute Gasteiger partial charge is 0.319 e. The number of nitrogens with one attached hydrogen (secondary N) is 2. The Morgan fingerprint density at radius 1 is 1.10 bits per heavy atom. The standard InChI is InChI=1S/C21H31N5O3/c27-19(25-1-3-29-4-2-25)13-26-12-18(11-23-26)24-20(28)22-14-21-8-15-5-16(9-21)7-17(6-15)10-21/h11-12,15-17H,1-10,13-14H2,(H2,22,24,28). The molecule has 6 rings (SSSR count). The number of amides is 3. The zero-order chi connectivity index (χ0) is 19.8. The van der Waals surface area contributed by atoms with Crippen LogP contribution in [-0.2, 0) is 16.1 Å². The van der Waals surface area contributed by atoms with Crippen molar-refractivity contribution < 1.29 is 14.3 Å². The Labute approximate surface area is 171 Å². The van der Waals surface area contributed by atoms with Gasteiger partial charge in [0.25, 0.3) is 0 Å². The molecule has 158 valence electrons. The first-order chi connectivity index (χ1) is 14.1. The van der Waals surface area contributed by atoms with Gasteiger partial charge in [-0.3, -0.25) is 9.48 Å². The molecule has 4 saturated carbocycles. The Kier molecular flexibility index (Phi) is 4.97. The second kappa shape index (κ2) is 7.63. The molecule has 8 nitrogen and oxygen atoms in total. The molecule has 2 heterocycles. The van der Waals surface area contributed by atoms with Crippen LogP contribution in [0, 0.1) is 23.2 Å². The molecule has 5 aliphatic rings. The lowest BCUT2D eigenvalue weighted by molar-refractivity contribution is -0.136. The van der Waals surface area contributed by atoms with Crippen molar-refractivity contribution in [2.24, 2.45) is 23.2 Å². The van der Waals surface area contributed by atoms with Crippen molar-refractivity contribution in [3.05, 3.63) is 12.4 Å². The molecule has 8 heteroatoms. The van der Waals surface area contributed by atoms with E-state index >= 15 is 0 Å². The minimum absolute atomic E-state index is 0.0224. The number of hydrogen-bond acceptors (Lipinski definition) is 4.